The van der Waals surface area contributed by atoms with E-state index >= 15 is 0 Å². The second-order valence-electron chi connectivity index (χ2n) is 3.88. The highest BCUT2D eigenvalue weighted by molar-refractivity contribution is 5.76. The molecule has 2 rings (SSSR count). The van der Waals surface area contributed by atoms with Crippen LogP contribution in [-0.2, 0) is 4.79 Å². The molecule has 17 heavy (non-hydrogen) atoms. The fourth-order valence-electron chi connectivity index (χ4n) is 1.73. The molecule has 1 amide bonds. The van der Waals surface area contributed by atoms with E-state index in [1.807, 2.05) is 25.1 Å². The molecule has 1 heterocycles. The lowest BCUT2D eigenvalue weighted by Gasteiger charge is -2.12. The smallest absolute Gasteiger partial charge is 0.231 e. The van der Waals surface area contributed by atoms with E-state index in [4.69, 9.17) is 15.2 Å². The monoisotopic (exact) mass is 236 g/mol. The van der Waals surface area contributed by atoms with Crippen molar-refractivity contribution in [2.24, 2.45) is 5.73 Å². The Morgan fingerprint density at radius 3 is 3.00 bits per heavy atom. The van der Waals surface area contributed by atoms with Gasteiger partial charge in [0.05, 0.1) is 0 Å². The number of fused-ring (bicyclic) bond motifs is 1. The molecule has 1 unspecified atom stereocenters. The molecule has 0 spiro atoms. The van der Waals surface area contributed by atoms with Crippen molar-refractivity contribution < 1.29 is 14.3 Å². The van der Waals surface area contributed by atoms with Gasteiger partial charge >= 0.3 is 0 Å². The van der Waals surface area contributed by atoms with E-state index in [1.54, 1.807) is 0 Å². The number of benzene rings is 1. The minimum Gasteiger partial charge on any atom is -0.454 e. The maximum atomic E-state index is 11.4. The van der Waals surface area contributed by atoms with E-state index in [9.17, 15) is 4.79 Å². The molecule has 1 aromatic carbocycles. The predicted octanol–water partition coefficient (Wildman–Crippen LogP) is 0.941. The van der Waals surface area contributed by atoms with Gasteiger partial charge in [-0.1, -0.05) is 6.07 Å². The zero-order chi connectivity index (χ0) is 12.3. The Labute approximate surface area is 99.9 Å². The first kappa shape index (κ1) is 11.7. The van der Waals surface area contributed by atoms with Gasteiger partial charge in [0.1, 0.15) is 0 Å². The fraction of sp³-hybridized carbons (Fsp3) is 0.417. The van der Waals surface area contributed by atoms with Gasteiger partial charge in [-0.3, -0.25) is 4.79 Å². The second kappa shape index (κ2) is 5.05. The molecule has 0 aliphatic carbocycles. The summed E-state index contributed by atoms with van der Waals surface area (Å²) in [5.74, 6) is 1.37. The van der Waals surface area contributed by atoms with Crippen molar-refractivity contribution in [2.75, 3.05) is 13.3 Å². The second-order valence-corrected chi connectivity index (χ2v) is 3.88. The SMILES string of the molecule is CCNC(=O)CC(N)c1ccc2c(c1)OCO2. The maximum Gasteiger partial charge on any atom is 0.231 e. The Kier molecular flexibility index (Phi) is 3.49. The van der Waals surface area contributed by atoms with Crippen molar-refractivity contribution in [3.8, 4) is 11.5 Å². The van der Waals surface area contributed by atoms with Crippen LogP contribution < -0.4 is 20.5 Å². The van der Waals surface area contributed by atoms with Gasteiger partial charge in [-0.2, -0.15) is 0 Å². The third-order valence-corrected chi connectivity index (χ3v) is 2.60. The van der Waals surface area contributed by atoms with Gasteiger partial charge in [0.2, 0.25) is 12.7 Å². The Morgan fingerprint density at radius 2 is 2.24 bits per heavy atom. The molecule has 5 heteroatoms. The minimum absolute atomic E-state index is 0.0438. The number of nitrogens with one attached hydrogen (secondary N) is 1. The van der Waals surface area contributed by atoms with Crippen LogP contribution >= 0.6 is 0 Å². The van der Waals surface area contributed by atoms with Crippen molar-refractivity contribution in [2.45, 2.75) is 19.4 Å². The highest BCUT2D eigenvalue weighted by Gasteiger charge is 2.17. The number of rotatable bonds is 4. The molecule has 0 fully saturated rings. The molecule has 0 saturated carbocycles. The average Bonchev–Trinajstić information content (AvgIpc) is 2.75. The molecule has 0 bridgehead atoms. The summed E-state index contributed by atoms with van der Waals surface area (Å²) in [7, 11) is 0. The van der Waals surface area contributed by atoms with Crippen LogP contribution in [0.25, 0.3) is 0 Å². The summed E-state index contributed by atoms with van der Waals surface area (Å²) in [5, 5.41) is 2.72. The van der Waals surface area contributed by atoms with Crippen molar-refractivity contribution >= 4 is 5.91 Å². The van der Waals surface area contributed by atoms with Gasteiger partial charge in [-0.25, -0.2) is 0 Å². The molecular weight excluding hydrogens is 220 g/mol. The summed E-state index contributed by atoms with van der Waals surface area (Å²) < 4.78 is 10.5. The lowest BCUT2D eigenvalue weighted by Crippen LogP contribution is -2.27. The largest absolute Gasteiger partial charge is 0.454 e. The number of amides is 1. The van der Waals surface area contributed by atoms with Gasteiger partial charge in [-0.05, 0) is 24.6 Å². The molecule has 0 radical (unpaired) electrons. The summed E-state index contributed by atoms with van der Waals surface area (Å²) in [6.07, 6.45) is 0.271. The molecule has 3 N–H and O–H groups in total. The number of hydrogen-bond acceptors (Lipinski definition) is 4. The molecule has 0 aromatic heterocycles. The third-order valence-electron chi connectivity index (χ3n) is 2.60. The fourth-order valence-corrected chi connectivity index (χ4v) is 1.73. The zero-order valence-corrected chi connectivity index (χ0v) is 9.73. The van der Waals surface area contributed by atoms with E-state index in [0.717, 1.165) is 11.3 Å². The minimum atomic E-state index is -0.323. The Morgan fingerprint density at radius 1 is 1.47 bits per heavy atom. The normalized spacial score (nSPS) is 14.5. The number of carbonyl (C=O) groups is 1. The summed E-state index contributed by atoms with van der Waals surface area (Å²) in [5.41, 5.74) is 6.84. The Hall–Kier alpha value is -1.75. The first-order valence-electron chi connectivity index (χ1n) is 5.62. The first-order chi connectivity index (χ1) is 8.20. The molecule has 0 saturated heterocycles. The van der Waals surface area contributed by atoms with Crippen LogP contribution in [0.2, 0.25) is 0 Å². The van der Waals surface area contributed by atoms with E-state index in [0.29, 0.717) is 12.3 Å². The summed E-state index contributed by atoms with van der Waals surface area (Å²) in [6.45, 7) is 2.74. The molecule has 92 valence electrons. The average molecular weight is 236 g/mol. The van der Waals surface area contributed by atoms with Crippen LogP contribution in [0.3, 0.4) is 0 Å². The highest BCUT2D eigenvalue weighted by Crippen LogP contribution is 2.34. The van der Waals surface area contributed by atoms with Crippen LogP contribution in [0, 0.1) is 0 Å². The molecular formula is C12H16N2O3. The maximum absolute atomic E-state index is 11.4. The van der Waals surface area contributed by atoms with E-state index in [-0.39, 0.29) is 25.2 Å². The summed E-state index contributed by atoms with van der Waals surface area (Å²) in [6, 6.07) is 5.18. The van der Waals surface area contributed by atoms with Crippen molar-refractivity contribution in [1.82, 2.24) is 5.32 Å². The molecule has 1 aliphatic rings. The lowest BCUT2D eigenvalue weighted by atomic mass is 10.0. The molecule has 5 nitrogen and oxygen atoms in total. The molecule has 1 atom stereocenters. The van der Waals surface area contributed by atoms with Gasteiger partial charge in [0.15, 0.2) is 11.5 Å². The summed E-state index contributed by atoms with van der Waals surface area (Å²) >= 11 is 0. The van der Waals surface area contributed by atoms with Gasteiger partial charge in [0.25, 0.3) is 0 Å². The van der Waals surface area contributed by atoms with Crippen molar-refractivity contribution in [3.05, 3.63) is 23.8 Å². The molecule has 1 aliphatic heterocycles. The van der Waals surface area contributed by atoms with Crippen molar-refractivity contribution in [1.29, 1.82) is 0 Å². The Bertz CT molecular complexity index is 420. The van der Waals surface area contributed by atoms with Crippen LogP contribution in [0.4, 0.5) is 0 Å². The van der Waals surface area contributed by atoms with E-state index in [2.05, 4.69) is 5.32 Å². The quantitative estimate of drug-likeness (QED) is 0.816. The van der Waals surface area contributed by atoms with E-state index < -0.39 is 0 Å². The Balaban J connectivity index is 2.04. The van der Waals surface area contributed by atoms with Crippen LogP contribution in [0.5, 0.6) is 11.5 Å². The summed E-state index contributed by atoms with van der Waals surface area (Å²) in [4.78, 5) is 11.4. The number of ether oxygens (including phenoxy) is 2. The highest BCUT2D eigenvalue weighted by atomic mass is 16.7. The number of nitrogens with two attached hydrogens (primary N) is 1. The van der Waals surface area contributed by atoms with Gasteiger partial charge < -0.3 is 20.5 Å². The van der Waals surface area contributed by atoms with Gasteiger partial charge in [-0.15, -0.1) is 0 Å². The zero-order valence-electron chi connectivity index (χ0n) is 9.73. The van der Waals surface area contributed by atoms with Gasteiger partial charge in [0, 0.05) is 19.0 Å². The predicted molar refractivity (Wildman–Crippen MR) is 62.8 cm³/mol. The topological polar surface area (TPSA) is 73.6 Å². The standard InChI is InChI=1S/C12H16N2O3/c1-2-14-12(15)6-9(13)8-3-4-10-11(5-8)17-7-16-10/h3-5,9H,2,6-7,13H2,1H3,(H,14,15). The number of hydrogen-bond donors (Lipinski definition) is 2. The van der Waals surface area contributed by atoms with Crippen LogP contribution in [-0.4, -0.2) is 19.2 Å². The van der Waals surface area contributed by atoms with E-state index in [1.165, 1.54) is 0 Å². The molecule has 1 aromatic rings. The van der Waals surface area contributed by atoms with Crippen molar-refractivity contribution in [3.63, 3.8) is 0 Å². The lowest BCUT2D eigenvalue weighted by molar-refractivity contribution is -0.121. The van der Waals surface area contributed by atoms with Crippen LogP contribution in [0.1, 0.15) is 24.9 Å². The third kappa shape index (κ3) is 2.68. The number of carbonyl (C=O) groups excluding carboxylic acids is 1. The van der Waals surface area contributed by atoms with Crippen LogP contribution in [0.15, 0.2) is 18.2 Å². The first-order valence-corrected chi connectivity index (χ1v) is 5.62.